The van der Waals surface area contributed by atoms with Crippen LogP contribution in [0.2, 0.25) is 0 Å². The smallest absolute Gasteiger partial charge is 0.146 e. The highest BCUT2D eigenvalue weighted by Gasteiger charge is 2.16. The standard InChI is InChI=1S/C14H16FN3/c1-10-4-2-5-11(8-10)9-13(18-16)14-12(15)6-3-7-17-14/h2-8,13,18H,9,16H2,1H3. The lowest BCUT2D eigenvalue weighted by molar-refractivity contribution is 0.494. The fourth-order valence-electron chi connectivity index (χ4n) is 1.96. The normalized spacial score (nSPS) is 12.4. The zero-order chi connectivity index (χ0) is 13.0. The first-order chi connectivity index (χ1) is 8.70. The molecule has 3 nitrogen and oxygen atoms in total. The molecular formula is C14H16FN3. The van der Waals surface area contributed by atoms with Crippen molar-refractivity contribution in [2.45, 2.75) is 19.4 Å². The average molecular weight is 245 g/mol. The van der Waals surface area contributed by atoms with Gasteiger partial charge in [-0.3, -0.25) is 16.3 Å². The molecular weight excluding hydrogens is 229 g/mol. The predicted molar refractivity (Wildman–Crippen MR) is 69.1 cm³/mol. The maximum Gasteiger partial charge on any atom is 0.146 e. The molecule has 0 amide bonds. The van der Waals surface area contributed by atoms with Crippen molar-refractivity contribution in [3.63, 3.8) is 0 Å². The van der Waals surface area contributed by atoms with E-state index in [0.717, 1.165) is 5.56 Å². The molecule has 0 aliphatic carbocycles. The second kappa shape index (κ2) is 5.71. The Labute approximate surface area is 106 Å². The molecule has 0 aliphatic heterocycles. The van der Waals surface area contributed by atoms with Crippen molar-refractivity contribution in [3.05, 3.63) is 65.2 Å². The summed E-state index contributed by atoms with van der Waals surface area (Å²) in [6, 6.07) is 10.7. The Balaban J connectivity index is 2.23. The largest absolute Gasteiger partial charge is 0.271 e. The van der Waals surface area contributed by atoms with E-state index in [2.05, 4.69) is 16.5 Å². The van der Waals surface area contributed by atoms with Crippen LogP contribution in [0.3, 0.4) is 0 Å². The van der Waals surface area contributed by atoms with Crippen LogP contribution in [0.25, 0.3) is 0 Å². The minimum absolute atomic E-state index is 0.326. The first-order valence-corrected chi connectivity index (χ1v) is 5.83. The molecule has 0 saturated carbocycles. The number of rotatable bonds is 4. The Kier molecular flexibility index (Phi) is 4.02. The quantitative estimate of drug-likeness (QED) is 0.642. The topological polar surface area (TPSA) is 50.9 Å². The molecule has 4 heteroatoms. The maximum atomic E-state index is 13.7. The molecule has 94 valence electrons. The van der Waals surface area contributed by atoms with Crippen molar-refractivity contribution in [3.8, 4) is 0 Å². The lowest BCUT2D eigenvalue weighted by Gasteiger charge is -2.16. The molecule has 0 radical (unpaired) electrons. The van der Waals surface area contributed by atoms with Crippen molar-refractivity contribution in [1.29, 1.82) is 0 Å². The predicted octanol–water partition coefficient (Wildman–Crippen LogP) is 2.28. The van der Waals surface area contributed by atoms with Gasteiger partial charge in [-0.2, -0.15) is 0 Å². The summed E-state index contributed by atoms with van der Waals surface area (Å²) in [5.41, 5.74) is 5.24. The van der Waals surface area contributed by atoms with Crippen LogP contribution in [0.4, 0.5) is 4.39 Å². The molecule has 0 fully saturated rings. The first-order valence-electron chi connectivity index (χ1n) is 5.83. The SMILES string of the molecule is Cc1cccc(CC(NN)c2ncccc2F)c1. The van der Waals surface area contributed by atoms with Gasteiger partial charge in [0, 0.05) is 6.20 Å². The number of hydrogen-bond donors (Lipinski definition) is 2. The summed E-state index contributed by atoms with van der Waals surface area (Å²) in [5, 5.41) is 0. The van der Waals surface area contributed by atoms with Gasteiger partial charge in [0.15, 0.2) is 0 Å². The van der Waals surface area contributed by atoms with E-state index in [0.29, 0.717) is 12.1 Å². The van der Waals surface area contributed by atoms with Crippen LogP contribution in [-0.4, -0.2) is 4.98 Å². The molecule has 0 spiro atoms. The Morgan fingerprint density at radius 3 is 2.83 bits per heavy atom. The van der Waals surface area contributed by atoms with Gasteiger partial charge < -0.3 is 0 Å². The number of halogens is 1. The summed E-state index contributed by atoms with van der Waals surface area (Å²) in [6.45, 7) is 2.02. The molecule has 3 N–H and O–H groups in total. The number of aryl methyl sites for hydroxylation is 1. The van der Waals surface area contributed by atoms with Crippen molar-refractivity contribution in [2.75, 3.05) is 0 Å². The van der Waals surface area contributed by atoms with Crippen LogP contribution in [0.1, 0.15) is 22.9 Å². The van der Waals surface area contributed by atoms with Gasteiger partial charge >= 0.3 is 0 Å². The van der Waals surface area contributed by atoms with E-state index in [1.807, 2.05) is 25.1 Å². The van der Waals surface area contributed by atoms with E-state index in [1.165, 1.54) is 11.6 Å². The molecule has 1 aromatic carbocycles. The fraction of sp³-hybridized carbons (Fsp3) is 0.214. The maximum absolute atomic E-state index is 13.7. The van der Waals surface area contributed by atoms with Gasteiger partial charge in [0.25, 0.3) is 0 Å². The molecule has 0 aliphatic rings. The lowest BCUT2D eigenvalue weighted by Crippen LogP contribution is -2.31. The second-order valence-electron chi connectivity index (χ2n) is 4.28. The van der Waals surface area contributed by atoms with Crippen LogP contribution in [0.5, 0.6) is 0 Å². The Morgan fingerprint density at radius 1 is 1.33 bits per heavy atom. The van der Waals surface area contributed by atoms with Gasteiger partial charge in [0.1, 0.15) is 5.82 Å². The number of hydrazine groups is 1. The lowest BCUT2D eigenvalue weighted by atomic mass is 10.0. The number of pyridine rings is 1. The van der Waals surface area contributed by atoms with Crippen LogP contribution >= 0.6 is 0 Å². The van der Waals surface area contributed by atoms with Crippen molar-refractivity contribution < 1.29 is 4.39 Å². The molecule has 0 saturated heterocycles. The monoisotopic (exact) mass is 245 g/mol. The summed E-state index contributed by atoms with van der Waals surface area (Å²) < 4.78 is 13.7. The number of benzene rings is 1. The molecule has 2 rings (SSSR count). The Morgan fingerprint density at radius 2 is 2.17 bits per heavy atom. The molecule has 1 heterocycles. The van der Waals surface area contributed by atoms with E-state index < -0.39 is 0 Å². The third-order valence-corrected chi connectivity index (χ3v) is 2.84. The summed E-state index contributed by atoms with van der Waals surface area (Å²) in [5.74, 6) is 5.16. The molecule has 1 aromatic heterocycles. The second-order valence-corrected chi connectivity index (χ2v) is 4.28. The zero-order valence-corrected chi connectivity index (χ0v) is 10.2. The van der Waals surface area contributed by atoms with Crippen LogP contribution in [0, 0.1) is 12.7 Å². The van der Waals surface area contributed by atoms with Gasteiger partial charge in [-0.15, -0.1) is 0 Å². The van der Waals surface area contributed by atoms with Crippen LogP contribution < -0.4 is 11.3 Å². The summed E-state index contributed by atoms with van der Waals surface area (Å²) in [6.07, 6.45) is 2.17. The highest BCUT2D eigenvalue weighted by molar-refractivity contribution is 5.24. The third kappa shape index (κ3) is 2.91. The Hall–Kier alpha value is -1.78. The first kappa shape index (κ1) is 12.7. The fourth-order valence-corrected chi connectivity index (χ4v) is 1.96. The van der Waals surface area contributed by atoms with Crippen molar-refractivity contribution in [2.24, 2.45) is 5.84 Å². The van der Waals surface area contributed by atoms with Crippen LogP contribution in [0.15, 0.2) is 42.6 Å². The highest BCUT2D eigenvalue weighted by Crippen LogP contribution is 2.18. The molecule has 2 aromatic rings. The Bertz CT molecular complexity index is 528. The number of hydrogen-bond acceptors (Lipinski definition) is 3. The van der Waals surface area contributed by atoms with Gasteiger partial charge in [-0.25, -0.2) is 4.39 Å². The molecule has 0 bridgehead atoms. The van der Waals surface area contributed by atoms with Gasteiger partial charge in [0.05, 0.1) is 11.7 Å². The van der Waals surface area contributed by atoms with E-state index in [-0.39, 0.29) is 11.9 Å². The average Bonchev–Trinajstić information content (AvgIpc) is 2.37. The van der Waals surface area contributed by atoms with Crippen LogP contribution in [-0.2, 0) is 6.42 Å². The van der Waals surface area contributed by atoms with Crippen molar-refractivity contribution >= 4 is 0 Å². The summed E-state index contributed by atoms with van der Waals surface area (Å²) in [7, 11) is 0. The van der Waals surface area contributed by atoms with E-state index in [4.69, 9.17) is 5.84 Å². The number of nitrogens with two attached hydrogens (primary N) is 1. The zero-order valence-electron chi connectivity index (χ0n) is 10.2. The summed E-state index contributed by atoms with van der Waals surface area (Å²) in [4.78, 5) is 4.05. The van der Waals surface area contributed by atoms with E-state index >= 15 is 0 Å². The molecule has 18 heavy (non-hydrogen) atoms. The van der Waals surface area contributed by atoms with Gasteiger partial charge in [0.2, 0.25) is 0 Å². The van der Waals surface area contributed by atoms with E-state index in [1.54, 1.807) is 12.3 Å². The highest BCUT2D eigenvalue weighted by atomic mass is 19.1. The minimum atomic E-state index is -0.340. The van der Waals surface area contributed by atoms with Gasteiger partial charge in [-0.1, -0.05) is 29.8 Å². The van der Waals surface area contributed by atoms with E-state index in [9.17, 15) is 4.39 Å². The number of nitrogens with one attached hydrogen (secondary N) is 1. The molecule has 1 atom stereocenters. The minimum Gasteiger partial charge on any atom is -0.271 e. The summed E-state index contributed by atoms with van der Waals surface area (Å²) >= 11 is 0. The van der Waals surface area contributed by atoms with Gasteiger partial charge in [-0.05, 0) is 31.0 Å². The number of aromatic nitrogens is 1. The number of nitrogens with zero attached hydrogens (tertiary/aromatic N) is 1. The molecule has 1 unspecified atom stereocenters. The third-order valence-electron chi connectivity index (χ3n) is 2.84. The van der Waals surface area contributed by atoms with Crippen molar-refractivity contribution in [1.82, 2.24) is 10.4 Å².